The Kier molecular flexibility index (Phi) is 4.73. The second kappa shape index (κ2) is 5.87. The fourth-order valence-corrected chi connectivity index (χ4v) is 1.64. The Balaban J connectivity index is 2.67. The summed E-state index contributed by atoms with van der Waals surface area (Å²) in [5, 5.41) is 2.96. The average molecular weight is 249 g/mol. The monoisotopic (exact) mass is 249 g/mol. The molecule has 0 heterocycles. The van der Waals surface area contributed by atoms with Gasteiger partial charge in [0.2, 0.25) is 5.91 Å². The van der Waals surface area contributed by atoms with E-state index < -0.39 is 5.41 Å². The molecule has 3 N–H and O–H groups in total. The van der Waals surface area contributed by atoms with Crippen molar-refractivity contribution in [2.24, 2.45) is 0 Å². The molecular formula is C14H23N3O. The third kappa shape index (κ3) is 3.74. The molecule has 1 aromatic rings. The summed E-state index contributed by atoms with van der Waals surface area (Å²) in [6.45, 7) is 5.33. The van der Waals surface area contributed by atoms with Crippen LogP contribution in [0.15, 0.2) is 24.3 Å². The zero-order chi connectivity index (χ0) is 13.8. The van der Waals surface area contributed by atoms with E-state index in [1.165, 1.54) is 0 Å². The molecule has 0 radical (unpaired) electrons. The molecule has 0 aromatic heterocycles. The number of hydrogen-bond donors (Lipinski definition) is 2. The van der Waals surface area contributed by atoms with Gasteiger partial charge in [-0.1, -0.05) is 12.1 Å². The van der Waals surface area contributed by atoms with Gasteiger partial charge < -0.3 is 16.0 Å². The van der Waals surface area contributed by atoms with Crippen LogP contribution in [-0.2, 0) is 10.2 Å². The number of nitrogens with zero attached hydrogens (tertiary/aromatic N) is 1. The predicted octanol–water partition coefficient (Wildman–Crippen LogP) is 1.22. The minimum absolute atomic E-state index is 0.0362. The number of amides is 1. The number of rotatable bonds is 5. The van der Waals surface area contributed by atoms with Crippen LogP contribution < -0.4 is 11.1 Å². The zero-order valence-electron chi connectivity index (χ0n) is 11.7. The molecule has 1 amide bonds. The van der Waals surface area contributed by atoms with E-state index in [0.29, 0.717) is 12.2 Å². The summed E-state index contributed by atoms with van der Waals surface area (Å²) in [7, 11) is 3.97. The third-order valence-corrected chi connectivity index (χ3v) is 3.04. The first-order valence-electron chi connectivity index (χ1n) is 6.13. The first-order valence-corrected chi connectivity index (χ1v) is 6.13. The van der Waals surface area contributed by atoms with Crippen LogP contribution in [-0.4, -0.2) is 38.0 Å². The number of hydrogen-bond acceptors (Lipinski definition) is 3. The van der Waals surface area contributed by atoms with Crippen molar-refractivity contribution < 1.29 is 4.79 Å². The summed E-state index contributed by atoms with van der Waals surface area (Å²) in [6, 6.07) is 7.45. The maximum Gasteiger partial charge on any atom is 0.230 e. The normalized spacial score (nSPS) is 11.6. The quantitative estimate of drug-likeness (QED) is 0.772. The third-order valence-electron chi connectivity index (χ3n) is 3.04. The SMILES string of the molecule is CN(C)CCNC(=O)C(C)(C)c1ccc(N)cc1. The lowest BCUT2D eigenvalue weighted by atomic mass is 9.83. The van der Waals surface area contributed by atoms with E-state index in [4.69, 9.17) is 5.73 Å². The van der Waals surface area contributed by atoms with Gasteiger partial charge in [0.05, 0.1) is 5.41 Å². The number of nitrogen functional groups attached to an aromatic ring is 1. The van der Waals surface area contributed by atoms with Gasteiger partial charge in [-0.05, 0) is 45.6 Å². The van der Waals surface area contributed by atoms with Crippen molar-refractivity contribution in [3.63, 3.8) is 0 Å². The van der Waals surface area contributed by atoms with E-state index in [1.807, 2.05) is 57.1 Å². The molecule has 0 spiro atoms. The van der Waals surface area contributed by atoms with E-state index in [0.717, 1.165) is 12.1 Å². The molecule has 0 saturated heterocycles. The summed E-state index contributed by atoms with van der Waals surface area (Å²) in [4.78, 5) is 14.2. The Hall–Kier alpha value is -1.55. The number of nitrogens with one attached hydrogen (secondary N) is 1. The molecule has 4 nitrogen and oxygen atoms in total. The highest BCUT2D eigenvalue weighted by Gasteiger charge is 2.29. The smallest absolute Gasteiger partial charge is 0.230 e. The molecule has 100 valence electrons. The van der Waals surface area contributed by atoms with Gasteiger partial charge in [-0.15, -0.1) is 0 Å². The molecule has 0 unspecified atom stereocenters. The number of carbonyl (C=O) groups is 1. The topological polar surface area (TPSA) is 58.4 Å². The van der Waals surface area contributed by atoms with Crippen LogP contribution in [0, 0.1) is 0 Å². The van der Waals surface area contributed by atoms with Gasteiger partial charge in [0.25, 0.3) is 0 Å². The van der Waals surface area contributed by atoms with Gasteiger partial charge in [-0.3, -0.25) is 4.79 Å². The molecule has 0 bridgehead atoms. The molecule has 18 heavy (non-hydrogen) atoms. The van der Waals surface area contributed by atoms with E-state index in [2.05, 4.69) is 5.32 Å². The Bertz CT molecular complexity index is 396. The lowest BCUT2D eigenvalue weighted by molar-refractivity contribution is -0.125. The molecule has 0 aliphatic carbocycles. The fourth-order valence-electron chi connectivity index (χ4n) is 1.64. The van der Waals surface area contributed by atoms with Gasteiger partial charge in [-0.25, -0.2) is 0 Å². The molecule has 0 aliphatic heterocycles. The lowest BCUT2D eigenvalue weighted by Crippen LogP contribution is -2.42. The van der Waals surface area contributed by atoms with Crippen LogP contribution in [0.2, 0.25) is 0 Å². The maximum atomic E-state index is 12.2. The van der Waals surface area contributed by atoms with Crippen LogP contribution in [0.25, 0.3) is 0 Å². The minimum atomic E-state index is -0.542. The molecule has 0 saturated carbocycles. The second-order valence-electron chi connectivity index (χ2n) is 5.31. The number of carbonyl (C=O) groups excluding carboxylic acids is 1. The van der Waals surface area contributed by atoms with E-state index in [9.17, 15) is 4.79 Å². The molecule has 0 atom stereocenters. The van der Waals surface area contributed by atoms with Gasteiger partial charge in [-0.2, -0.15) is 0 Å². The lowest BCUT2D eigenvalue weighted by Gasteiger charge is -2.24. The number of nitrogens with two attached hydrogens (primary N) is 1. The van der Waals surface area contributed by atoms with Crippen LogP contribution in [0.4, 0.5) is 5.69 Å². The van der Waals surface area contributed by atoms with Crippen LogP contribution in [0.1, 0.15) is 19.4 Å². The van der Waals surface area contributed by atoms with Crippen molar-refractivity contribution >= 4 is 11.6 Å². The number of likely N-dealkylation sites (N-methyl/N-ethyl adjacent to an activating group) is 1. The van der Waals surface area contributed by atoms with Crippen LogP contribution in [0.5, 0.6) is 0 Å². The second-order valence-corrected chi connectivity index (χ2v) is 5.31. The van der Waals surface area contributed by atoms with Crippen molar-refractivity contribution in [1.82, 2.24) is 10.2 Å². The average Bonchev–Trinajstić information content (AvgIpc) is 2.28. The summed E-state index contributed by atoms with van der Waals surface area (Å²) in [5.41, 5.74) is 6.79. The highest BCUT2D eigenvalue weighted by Crippen LogP contribution is 2.24. The largest absolute Gasteiger partial charge is 0.399 e. The van der Waals surface area contributed by atoms with Gasteiger partial charge in [0.1, 0.15) is 0 Å². The number of anilines is 1. The summed E-state index contributed by atoms with van der Waals surface area (Å²) < 4.78 is 0. The summed E-state index contributed by atoms with van der Waals surface area (Å²) in [5.74, 6) is 0.0362. The van der Waals surface area contributed by atoms with E-state index >= 15 is 0 Å². The van der Waals surface area contributed by atoms with Crippen LogP contribution >= 0.6 is 0 Å². The van der Waals surface area contributed by atoms with E-state index in [-0.39, 0.29) is 5.91 Å². The van der Waals surface area contributed by atoms with Crippen molar-refractivity contribution in [2.45, 2.75) is 19.3 Å². The standard InChI is InChI=1S/C14H23N3O/c1-14(2,11-5-7-12(15)8-6-11)13(18)16-9-10-17(3)4/h5-8H,9-10,15H2,1-4H3,(H,16,18). The molecule has 0 fully saturated rings. The maximum absolute atomic E-state index is 12.2. The minimum Gasteiger partial charge on any atom is -0.399 e. The molecule has 1 rings (SSSR count). The molecule has 0 aliphatic rings. The van der Waals surface area contributed by atoms with Crippen molar-refractivity contribution in [2.75, 3.05) is 32.9 Å². The number of benzene rings is 1. The molecule has 4 heteroatoms. The Labute approximate surface area is 109 Å². The fraction of sp³-hybridized carbons (Fsp3) is 0.500. The zero-order valence-corrected chi connectivity index (χ0v) is 11.7. The molecule has 1 aromatic carbocycles. The van der Waals surface area contributed by atoms with Crippen molar-refractivity contribution in [3.05, 3.63) is 29.8 Å². The van der Waals surface area contributed by atoms with E-state index in [1.54, 1.807) is 0 Å². The Morgan fingerprint density at radius 2 is 1.83 bits per heavy atom. The highest BCUT2D eigenvalue weighted by molar-refractivity contribution is 5.87. The first-order chi connectivity index (χ1) is 8.34. The molecular weight excluding hydrogens is 226 g/mol. The highest BCUT2D eigenvalue weighted by atomic mass is 16.2. The van der Waals surface area contributed by atoms with Crippen molar-refractivity contribution in [1.29, 1.82) is 0 Å². The van der Waals surface area contributed by atoms with Crippen molar-refractivity contribution in [3.8, 4) is 0 Å². The summed E-state index contributed by atoms with van der Waals surface area (Å²) in [6.07, 6.45) is 0. The van der Waals surface area contributed by atoms with Crippen LogP contribution in [0.3, 0.4) is 0 Å². The Morgan fingerprint density at radius 1 is 1.28 bits per heavy atom. The van der Waals surface area contributed by atoms with Gasteiger partial charge in [0, 0.05) is 18.8 Å². The van der Waals surface area contributed by atoms with Gasteiger partial charge in [0.15, 0.2) is 0 Å². The Morgan fingerprint density at radius 3 is 2.33 bits per heavy atom. The first kappa shape index (κ1) is 14.5. The predicted molar refractivity (Wildman–Crippen MR) is 75.4 cm³/mol. The van der Waals surface area contributed by atoms with Gasteiger partial charge >= 0.3 is 0 Å². The summed E-state index contributed by atoms with van der Waals surface area (Å²) >= 11 is 0.